The van der Waals surface area contributed by atoms with E-state index in [2.05, 4.69) is 5.32 Å². The van der Waals surface area contributed by atoms with Crippen molar-refractivity contribution in [1.82, 2.24) is 5.32 Å². The number of methoxy groups -OCH3 is 1. The van der Waals surface area contributed by atoms with Crippen LogP contribution in [0.2, 0.25) is 0 Å². The van der Waals surface area contributed by atoms with Crippen LogP contribution in [0.3, 0.4) is 0 Å². The Morgan fingerprint density at radius 1 is 1.08 bits per heavy atom. The first-order chi connectivity index (χ1) is 12.0. The van der Waals surface area contributed by atoms with Gasteiger partial charge in [-0.1, -0.05) is 30.3 Å². The molecule has 0 aliphatic rings. The quantitative estimate of drug-likeness (QED) is 0.769. The average molecular weight is 343 g/mol. The van der Waals surface area contributed by atoms with Gasteiger partial charge in [0.2, 0.25) is 5.91 Å². The zero-order valence-corrected chi connectivity index (χ0v) is 14.2. The van der Waals surface area contributed by atoms with E-state index in [0.717, 1.165) is 0 Å². The maximum absolute atomic E-state index is 12.1. The van der Waals surface area contributed by atoms with Gasteiger partial charge in [0.25, 0.3) is 0 Å². The summed E-state index contributed by atoms with van der Waals surface area (Å²) in [4.78, 5) is 23.3. The number of para-hydroxylation sites is 2. The lowest BCUT2D eigenvalue weighted by Gasteiger charge is -2.17. The van der Waals surface area contributed by atoms with E-state index in [1.54, 1.807) is 37.4 Å². The minimum Gasteiger partial charge on any atom is -0.493 e. The first kappa shape index (κ1) is 18.3. The molecule has 0 saturated carbocycles. The van der Waals surface area contributed by atoms with Gasteiger partial charge in [-0.2, -0.15) is 0 Å². The molecule has 2 N–H and O–H groups in total. The Morgan fingerprint density at radius 3 is 2.40 bits per heavy atom. The summed E-state index contributed by atoms with van der Waals surface area (Å²) < 4.78 is 11.0. The van der Waals surface area contributed by atoms with E-state index in [1.165, 1.54) is 6.07 Å². The van der Waals surface area contributed by atoms with Crippen molar-refractivity contribution < 1.29 is 24.2 Å². The Labute approximate surface area is 146 Å². The Balaban J connectivity index is 1.89. The normalized spacial score (nSPS) is 11.4. The number of hydrogen-bond acceptors (Lipinski definition) is 4. The highest BCUT2D eigenvalue weighted by Crippen LogP contribution is 2.26. The highest BCUT2D eigenvalue weighted by Gasteiger charge is 2.14. The summed E-state index contributed by atoms with van der Waals surface area (Å²) in [6, 6.07) is 13.7. The smallest absolute Gasteiger partial charge is 0.335 e. The van der Waals surface area contributed by atoms with Gasteiger partial charge in [-0.15, -0.1) is 0 Å². The van der Waals surface area contributed by atoms with Crippen molar-refractivity contribution in [3.05, 3.63) is 59.7 Å². The molecule has 0 radical (unpaired) electrons. The van der Waals surface area contributed by atoms with Crippen molar-refractivity contribution >= 4 is 11.9 Å². The van der Waals surface area contributed by atoms with Gasteiger partial charge >= 0.3 is 5.97 Å². The van der Waals surface area contributed by atoms with E-state index in [1.807, 2.05) is 19.1 Å². The number of ether oxygens (including phenoxy) is 2. The molecule has 1 atom stereocenters. The molecule has 132 valence electrons. The maximum Gasteiger partial charge on any atom is 0.335 e. The number of nitrogens with one attached hydrogen (secondary N) is 1. The second-order valence-corrected chi connectivity index (χ2v) is 5.52. The van der Waals surface area contributed by atoms with Gasteiger partial charge in [-0.25, -0.2) is 4.79 Å². The standard InChI is InChI=1S/C19H21NO5/c1-13(25-17-10-6-5-9-16(17)24-2)12-20-18(21)11-14-7-3-4-8-15(14)19(22)23/h3-10,13H,11-12H2,1-2H3,(H,20,21)(H,22,23). The molecular formula is C19H21NO5. The number of carbonyl (C=O) groups is 2. The van der Waals surface area contributed by atoms with E-state index in [0.29, 0.717) is 23.6 Å². The van der Waals surface area contributed by atoms with Crippen LogP contribution in [0.1, 0.15) is 22.8 Å². The molecule has 0 bridgehead atoms. The van der Waals surface area contributed by atoms with Crippen molar-refractivity contribution in [3.8, 4) is 11.5 Å². The first-order valence-corrected chi connectivity index (χ1v) is 7.89. The van der Waals surface area contributed by atoms with Crippen LogP contribution < -0.4 is 14.8 Å². The average Bonchev–Trinajstić information content (AvgIpc) is 2.60. The number of rotatable bonds is 8. The number of carbonyl (C=O) groups excluding carboxylic acids is 1. The molecule has 2 aromatic rings. The first-order valence-electron chi connectivity index (χ1n) is 7.89. The van der Waals surface area contributed by atoms with Gasteiger partial charge < -0.3 is 19.9 Å². The second-order valence-electron chi connectivity index (χ2n) is 5.52. The third kappa shape index (κ3) is 5.24. The molecule has 6 nitrogen and oxygen atoms in total. The van der Waals surface area contributed by atoms with E-state index >= 15 is 0 Å². The number of benzene rings is 2. The Morgan fingerprint density at radius 2 is 1.72 bits per heavy atom. The second kappa shape index (κ2) is 8.73. The van der Waals surface area contributed by atoms with Crippen molar-refractivity contribution in [1.29, 1.82) is 0 Å². The van der Waals surface area contributed by atoms with Crippen LogP contribution in [-0.2, 0) is 11.2 Å². The van der Waals surface area contributed by atoms with Crippen LogP contribution in [-0.4, -0.2) is 36.7 Å². The van der Waals surface area contributed by atoms with E-state index in [9.17, 15) is 9.59 Å². The molecule has 0 aromatic heterocycles. The Hall–Kier alpha value is -3.02. The van der Waals surface area contributed by atoms with Crippen LogP contribution in [0, 0.1) is 0 Å². The predicted molar refractivity (Wildman–Crippen MR) is 93.2 cm³/mol. The summed E-state index contributed by atoms with van der Waals surface area (Å²) in [6.07, 6.45) is -0.265. The van der Waals surface area contributed by atoms with E-state index in [-0.39, 0.29) is 24.0 Å². The van der Waals surface area contributed by atoms with Crippen molar-refractivity contribution in [2.75, 3.05) is 13.7 Å². The lowest BCUT2D eigenvalue weighted by molar-refractivity contribution is -0.120. The molecular weight excluding hydrogens is 322 g/mol. The van der Waals surface area contributed by atoms with Gasteiger partial charge in [-0.05, 0) is 30.7 Å². The topological polar surface area (TPSA) is 84.9 Å². The molecule has 0 heterocycles. The number of amides is 1. The van der Waals surface area contributed by atoms with Crippen LogP contribution in [0.15, 0.2) is 48.5 Å². The molecule has 6 heteroatoms. The van der Waals surface area contributed by atoms with Crippen LogP contribution >= 0.6 is 0 Å². The number of carboxylic acids is 1. The molecule has 1 unspecified atom stereocenters. The predicted octanol–water partition coefficient (Wildman–Crippen LogP) is 2.52. The van der Waals surface area contributed by atoms with Crippen molar-refractivity contribution in [3.63, 3.8) is 0 Å². The van der Waals surface area contributed by atoms with Crippen LogP contribution in [0.4, 0.5) is 0 Å². The molecule has 1 amide bonds. The summed E-state index contributed by atoms with van der Waals surface area (Å²) >= 11 is 0. The fraction of sp³-hybridized carbons (Fsp3) is 0.263. The highest BCUT2D eigenvalue weighted by atomic mass is 16.5. The van der Waals surface area contributed by atoms with Gasteiger partial charge in [0, 0.05) is 0 Å². The number of hydrogen-bond donors (Lipinski definition) is 2. The molecule has 25 heavy (non-hydrogen) atoms. The minimum absolute atomic E-state index is 0.00382. The highest BCUT2D eigenvalue weighted by molar-refractivity contribution is 5.91. The molecule has 0 spiro atoms. The molecule has 0 aliphatic heterocycles. The van der Waals surface area contributed by atoms with Crippen LogP contribution in [0.25, 0.3) is 0 Å². The third-order valence-electron chi connectivity index (χ3n) is 3.58. The summed E-state index contributed by atoms with van der Waals surface area (Å²) in [7, 11) is 1.56. The lowest BCUT2D eigenvalue weighted by atomic mass is 10.0. The third-order valence-corrected chi connectivity index (χ3v) is 3.58. The van der Waals surface area contributed by atoms with Gasteiger partial charge in [-0.3, -0.25) is 4.79 Å². The lowest BCUT2D eigenvalue weighted by Crippen LogP contribution is -2.34. The van der Waals surface area contributed by atoms with Crippen molar-refractivity contribution in [2.24, 2.45) is 0 Å². The molecule has 2 aromatic carbocycles. The number of aromatic carboxylic acids is 1. The minimum atomic E-state index is -1.05. The molecule has 0 aliphatic carbocycles. The van der Waals surface area contributed by atoms with Crippen LogP contribution in [0.5, 0.6) is 11.5 Å². The van der Waals surface area contributed by atoms with E-state index in [4.69, 9.17) is 14.6 Å². The van der Waals surface area contributed by atoms with E-state index < -0.39 is 5.97 Å². The monoisotopic (exact) mass is 343 g/mol. The SMILES string of the molecule is COc1ccccc1OC(C)CNC(=O)Cc1ccccc1C(=O)O. The summed E-state index contributed by atoms with van der Waals surface area (Å²) in [5.41, 5.74) is 0.613. The molecule has 2 rings (SSSR count). The zero-order valence-electron chi connectivity index (χ0n) is 14.2. The summed E-state index contributed by atoms with van der Waals surface area (Å²) in [6.45, 7) is 2.13. The molecule has 0 saturated heterocycles. The maximum atomic E-state index is 12.1. The Bertz CT molecular complexity index is 744. The summed E-state index contributed by atoms with van der Waals surface area (Å²) in [5, 5.41) is 11.9. The summed E-state index contributed by atoms with van der Waals surface area (Å²) in [5.74, 6) is -0.0838. The number of carboxylic acid groups (broad SMARTS) is 1. The Kier molecular flexibility index (Phi) is 6.39. The van der Waals surface area contributed by atoms with Gasteiger partial charge in [0.05, 0.1) is 25.6 Å². The largest absolute Gasteiger partial charge is 0.493 e. The molecule has 0 fully saturated rings. The zero-order chi connectivity index (χ0) is 18.2. The van der Waals surface area contributed by atoms with Gasteiger partial charge in [0.1, 0.15) is 6.10 Å². The fourth-order valence-corrected chi connectivity index (χ4v) is 2.35. The fourth-order valence-electron chi connectivity index (χ4n) is 2.35. The van der Waals surface area contributed by atoms with Gasteiger partial charge in [0.15, 0.2) is 11.5 Å². The van der Waals surface area contributed by atoms with Crippen molar-refractivity contribution in [2.45, 2.75) is 19.4 Å².